The van der Waals surface area contributed by atoms with Gasteiger partial charge < -0.3 is 23.1 Å². The molecule has 0 fully saturated rings. The van der Waals surface area contributed by atoms with Crippen LogP contribution in [0, 0.1) is 0 Å². The lowest BCUT2D eigenvalue weighted by Crippen LogP contribution is -2.40. The molecule has 0 heterocycles. The number of hydrogen-bond acceptors (Lipinski definition) is 5. The third kappa shape index (κ3) is 16.9. The van der Waals surface area contributed by atoms with Crippen molar-refractivity contribution in [1.29, 1.82) is 0 Å². The summed E-state index contributed by atoms with van der Waals surface area (Å²) in [5.41, 5.74) is 0. The standard InChI is InChI=1S/C14H33ClO5Si2/c1-16-8-9-18-12-13-19-11-10-17-7-6-14-21(2,3)20-22(4,5)15/h6-14H2,1-5H3. The van der Waals surface area contributed by atoms with Crippen molar-refractivity contribution in [2.45, 2.75) is 38.7 Å². The fraction of sp³-hybridized carbons (Fsp3) is 1.00. The van der Waals surface area contributed by atoms with Gasteiger partial charge >= 0.3 is 0 Å². The fourth-order valence-electron chi connectivity index (χ4n) is 1.99. The molecule has 0 aromatic heterocycles. The van der Waals surface area contributed by atoms with E-state index in [1.54, 1.807) is 7.11 Å². The zero-order valence-electron chi connectivity index (χ0n) is 14.8. The first-order valence-electron chi connectivity index (χ1n) is 7.88. The first-order chi connectivity index (χ1) is 10.3. The minimum Gasteiger partial charge on any atom is -0.445 e. The van der Waals surface area contributed by atoms with Crippen LogP contribution in [0.4, 0.5) is 0 Å². The van der Waals surface area contributed by atoms with E-state index in [-0.39, 0.29) is 0 Å². The zero-order chi connectivity index (χ0) is 16.9. The van der Waals surface area contributed by atoms with Crippen molar-refractivity contribution in [2.75, 3.05) is 53.4 Å². The first kappa shape index (κ1) is 22.5. The van der Waals surface area contributed by atoms with Gasteiger partial charge in [-0.25, -0.2) is 0 Å². The minimum atomic E-state index is -1.94. The average Bonchev–Trinajstić information content (AvgIpc) is 2.37. The highest BCUT2D eigenvalue weighted by Crippen LogP contribution is 2.22. The number of methoxy groups -OCH3 is 1. The molecule has 22 heavy (non-hydrogen) atoms. The van der Waals surface area contributed by atoms with Gasteiger partial charge in [0.2, 0.25) is 0 Å². The highest BCUT2D eigenvalue weighted by atomic mass is 35.6. The van der Waals surface area contributed by atoms with Crippen LogP contribution in [0.25, 0.3) is 0 Å². The van der Waals surface area contributed by atoms with E-state index >= 15 is 0 Å². The summed E-state index contributed by atoms with van der Waals surface area (Å²) in [4.78, 5) is 0. The van der Waals surface area contributed by atoms with Crippen LogP contribution < -0.4 is 0 Å². The van der Waals surface area contributed by atoms with Crippen molar-refractivity contribution >= 4 is 27.0 Å². The minimum absolute atomic E-state index is 0.594. The van der Waals surface area contributed by atoms with Crippen LogP contribution in [0.2, 0.25) is 32.2 Å². The molecule has 5 nitrogen and oxygen atoms in total. The number of hydrogen-bond donors (Lipinski definition) is 0. The molecule has 8 heteroatoms. The molecule has 0 rings (SSSR count). The smallest absolute Gasteiger partial charge is 0.274 e. The predicted octanol–water partition coefficient (Wildman–Crippen LogP) is 3.24. The van der Waals surface area contributed by atoms with Crippen LogP contribution in [0.3, 0.4) is 0 Å². The second kappa shape index (κ2) is 12.9. The molecule has 0 aromatic carbocycles. The number of ether oxygens (including phenoxy) is 4. The number of rotatable bonds is 15. The number of halogens is 1. The first-order valence-corrected chi connectivity index (χ1v) is 14.9. The second-order valence-electron chi connectivity index (χ2n) is 6.16. The van der Waals surface area contributed by atoms with Crippen LogP contribution >= 0.6 is 11.1 Å². The summed E-state index contributed by atoms with van der Waals surface area (Å²) in [7, 11) is -1.93. The Hall–Kier alpha value is 0.524. The van der Waals surface area contributed by atoms with Crippen LogP contribution in [0.1, 0.15) is 6.42 Å². The molecule has 0 unspecified atom stereocenters. The Bertz CT molecular complexity index is 262. The van der Waals surface area contributed by atoms with Gasteiger partial charge in [-0.2, -0.15) is 0 Å². The molecule has 0 bridgehead atoms. The van der Waals surface area contributed by atoms with Crippen molar-refractivity contribution in [3.63, 3.8) is 0 Å². The summed E-state index contributed by atoms with van der Waals surface area (Å²) in [6, 6.07) is 1.07. The molecule has 0 atom stereocenters. The molecule has 0 N–H and O–H groups in total. The molecule has 134 valence electrons. The van der Waals surface area contributed by atoms with Gasteiger partial charge in [0, 0.05) is 13.7 Å². The van der Waals surface area contributed by atoms with Crippen molar-refractivity contribution in [2.24, 2.45) is 0 Å². The lowest BCUT2D eigenvalue weighted by molar-refractivity contribution is 0.00372. The maximum Gasteiger partial charge on any atom is 0.274 e. The summed E-state index contributed by atoms with van der Waals surface area (Å²) in [6.07, 6.45) is 1.01. The van der Waals surface area contributed by atoms with Crippen LogP contribution in [0.15, 0.2) is 0 Å². The molecular formula is C14H33ClO5Si2. The third-order valence-electron chi connectivity index (χ3n) is 2.76. The molecule has 0 aliphatic heterocycles. The van der Waals surface area contributed by atoms with Crippen molar-refractivity contribution in [3.05, 3.63) is 0 Å². The summed E-state index contributed by atoms with van der Waals surface area (Å²) in [6.45, 7) is 12.9. The second-order valence-corrected chi connectivity index (χ2v) is 16.5. The van der Waals surface area contributed by atoms with Crippen LogP contribution in [0.5, 0.6) is 0 Å². The fourth-order valence-corrected chi connectivity index (χ4v) is 10.5. The Morgan fingerprint density at radius 3 is 1.64 bits per heavy atom. The summed E-state index contributed by atoms with van der Waals surface area (Å²) >= 11 is 6.26. The van der Waals surface area contributed by atoms with Gasteiger partial charge in [-0.15, -0.1) is 11.1 Å². The van der Waals surface area contributed by atoms with Crippen LogP contribution in [-0.4, -0.2) is 69.3 Å². The van der Waals surface area contributed by atoms with Gasteiger partial charge in [0.1, 0.15) is 0 Å². The molecule has 0 amide bonds. The predicted molar refractivity (Wildman–Crippen MR) is 95.7 cm³/mol. The molecule has 0 saturated carbocycles. The van der Waals surface area contributed by atoms with Crippen molar-refractivity contribution < 1.29 is 23.1 Å². The topological polar surface area (TPSA) is 46.2 Å². The van der Waals surface area contributed by atoms with Gasteiger partial charge in [0.25, 0.3) is 7.63 Å². The Balaban J connectivity index is 3.33. The lowest BCUT2D eigenvalue weighted by atomic mass is 10.5. The summed E-state index contributed by atoms with van der Waals surface area (Å²) < 4.78 is 27.2. The molecule has 0 aliphatic carbocycles. The molecule has 0 saturated heterocycles. The van der Waals surface area contributed by atoms with Gasteiger partial charge in [-0.3, -0.25) is 0 Å². The average molecular weight is 373 g/mol. The van der Waals surface area contributed by atoms with Gasteiger partial charge in [0.05, 0.1) is 39.6 Å². The maximum atomic E-state index is 6.26. The summed E-state index contributed by atoms with van der Waals surface area (Å²) in [5, 5.41) is 0. The Labute approximate surface area is 142 Å². The van der Waals surface area contributed by atoms with E-state index in [4.69, 9.17) is 34.1 Å². The van der Waals surface area contributed by atoms with Gasteiger partial charge in [-0.05, 0) is 38.7 Å². The Morgan fingerprint density at radius 1 is 0.727 bits per heavy atom. The third-order valence-corrected chi connectivity index (χ3v) is 9.17. The SMILES string of the molecule is COCCOCCOCCOCCC[Si](C)(C)O[Si](C)(C)Cl. The quantitative estimate of drug-likeness (QED) is 0.251. The maximum absolute atomic E-state index is 6.26. The molecule has 0 radical (unpaired) electrons. The molecule has 0 aromatic rings. The van der Waals surface area contributed by atoms with E-state index in [1.165, 1.54) is 0 Å². The van der Waals surface area contributed by atoms with Gasteiger partial charge in [0.15, 0.2) is 8.32 Å². The van der Waals surface area contributed by atoms with Crippen LogP contribution in [-0.2, 0) is 23.1 Å². The van der Waals surface area contributed by atoms with E-state index in [1.807, 2.05) is 13.1 Å². The molecule has 0 aliphatic rings. The van der Waals surface area contributed by atoms with E-state index in [0.717, 1.165) is 19.1 Å². The monoisotopic (exact) mass is 372 g/mol. The van der Waals surface area contributed by atoms with Crippen molar-refractivity contribution in [3.8, 4) is 0 Å². The molecular weight excluding hydrogens is 340 g/mol. The van der Waals surface area contributed by atoms with E-state index < -0.39 is 15.9 Å². The van der Waals surface area contributed by atoms with E-state index in [9.17, 15) is 0 Å². The highest BCUT2D eigenvalue weighted by Gasteiger charge is 2.31. The van der Waals surface area contributed by atoms with E-state index in [2.05, 4.69) is 13.1 Å². The largest absolute Gasteiger partial charge is 0.445 e. The normalized spacial score (nSPS) is 12.8. The summed E-state index contributed by atoms with van der Waals surface area (Å²) in [5.74, 6) is 0. The Kier molecular flexibility index (Phi) is 13.2. The zero-order valence-corrected chi connectivity index (χ0v) is 17.5. The van der Waals surface area contributed by atoms with Gasteiger partial charge in [-0.1, -0.05) is 0 Å². The highest BCUT2D eigenvalue weighted by molar-refractivity contribution is 7.17. The van der Waals surface area contributed by atoms with E-state index in [0.29, 0.717) is 39.6 Å². The lowest BCUT2D eigenvalue weighted by Gasteiger charge is -2.29. The van der Waals surface area contributed by atoms with Crippen molar-refractivity contribution in [1.82, 2.24) is 0 Å². The Morgan fingerprint density at radius 2 is 1.18 bits per heavy atom. The molecule has 0 spiro atoms.